The number of halogens is 2. The van der Waals surface area contributed by atoms with Gasteiger partial charge >= 0.3 is 0 Å². The predicted molar refractivity (Wildman–Crippen MR) is 84.3 cm³/mol. The SMILES string of the molecule is CCCC(C)(N)C(=O)NC(C)c1c(F)cccc1OC.Cl. The summed E-state index contributed by atoms with van der Waals surface area (Å²) in [6, 6.07) is 4.05. The molecule has 2 unspecified atom stereocenters. The summed E-state index contributed by atoms with van der Waals surface area (Å²) in [5.41, 5.74) is 5.34. The van der Waals surface area contributed by atoms with E-state index < -0.39 is 17.4 Å². The molecule has 0 aliphatic rings. The molecular formula is C15H24ClFN2O2. The fourth-order valence-corrected chi connectivity index (χ4v) is 2.18. The molecule has 0 aromatic heterocycles. The van der Waals surface area contributed by atoms with Gasteiger partial charge in [-0.15, -0.1) is 12.4 Å². The Balaban J connectivity index is 0.00000400. The summed E-state index contributed by atoms with van der Waals surface area (Å²) in [6.45, 7) is 5.35. The van der Waals surface area contributed by atoms with Gasteiger partial charge in [0.2, 0.25) is 5.91 Å². The van der Waals surface area contributed by atoms with Crippen LogP contribution in [0, 0.1) is 5.82 Å². The number of nitrogens with two attached hydrogens (primary N) is 1. The molecule has 0 aliphatic heterocycles. The van der Waals surface area contributed by atoms with Crippen molar-refractivity contribution in [3.05, 3.63) is 29.6 Å². The van der Waals surface area contributed by atoms with Gasteiger partial charge in [0.1, 0.15) is 11.6 Å². The lowest BCUT2D eigenvalue weighted by Gasteiger charge is -2.26. The van der Waals surface area contributed by atoms with E-state index in [1.165, 1.54) is 13.2 Å². The minimum Gasteiger partial charge on any atom is -0.496 e. The molecule has 6 heteroatoms. The minimum absolute atomic E-state index is 0. The Morgan fingerprint density at radius 1 is 1.52 bits per heavy atom. The number of carbonyl (C=O) groups excluding carboxylic acids is 1. The molecule has 0 saturated carbocycles. The van der Waals surface area contributed by atoms with E-state index in [2.05, 4.69) is 5.32 Å². The van der Waals surface area contributed by atoms with Crippen LogP contribution < -0.4 is 15.8 Å². The van der Waals surface area contributed by atoms with Crippen LogP contribution in [0.1, 0.15) is 45.2 Å². The number of amides is 1. The van der Waals surface area contributed by atoms with Gasteiger partial charge in [0.15, 0.2) is 0 Å². The van der Waals surface area contributed by atoms with Crippen LogP contribution in [0.2, 0.25) is 0 Å². The van der Waals surface area contributed by atoms with Gasteiger partial charge in [0, 0.05) is 0 Å². The van der Waals surface area contributed by atoms with Gasteiger partial charge in [0.05, 0.1) is 24.3 Å². The number of methoxy groups -OCH3 is 1. The van der Waals surface area contributed by atoms with Crippen molar-refractivity contribution in [2.75, 3.05) is 7.11 Å². The number of benzene rings is 1. The van der Waals surface area contributed by atoms with Crippen LogP contribution in [0.3, 0.4) is 0 Å². The van der Waals surface area contributed by atoms with Crippen LogP contribution in [0.5, 0.6) is 5.75 Å². The first-order valence-corrected chi connectivity index (χ1v) is 6.75. The minimum atomic E-state index is -0.957. The van der Waals surface area contributed by atoms with Gasteiger partial charge < -0.3 is 15.8 Å². The molecule has 1 aromatic rings. The highest BCUT2D eigenvalue weighted by molar-refractivity contribution is 5.86. The van der Waals surface area contributed by atoms with Crippen molar-refractivity contribution in [1.82, 2.24) is 5.32 Å². The highest BCUT2D eigenvalue weighted by Crippen LogP contribution is 2.28. The van der Waals surface area contributed by atoms with E-state index in [0.29, 0.717) is 17.7 Å². The molecule has 0 radical (unpaired) electrons. The van der Waals surface area contributed by atoms with Crippen molar-refractivity contribution in [1.29, 1.82) is 0 Å². The molecule has 1 aromatic carbocycles. The molecule has 120 valence electrons. The van der Waals surface area contributed by atoms with Crippen LogP contribution in [0.15, 0.2) is 18.2 Å². The summed E-state index contributed by atoms with van der Waals surface area (Å²) in [6.07, 6.45) is 1.37. The Labute approximate surface area is 131 Å². The summed E-state index contributed by atoms with van der Waals surface area (Å²) in [7, 11) is 1.47. The second-order valence-electron chi connectivity index (χ2n) is 5.22. The number of hydrogen-bond acceptors (Lipinski definition) is 3. The average molecular weight is 319 g/mol. The maximum Gasteiger partial charge on any atom is 0.240 e. The first-order valence-electron chi connectivity index (χ1n) is 6.75. The van der Waals surface area contributed by atoms with Crippen LogP contribution in [-0.4, -0.2) is 18.6 Å². The fourth-order valence-electron chi connectivity index (χ4n) is 2.18. The molecule has 1 rings (SSSR count). The zero-order valence-electron chi connectivity index (χ0n) is 12.9. The van der Waals surface area contributed by atoms with Crippen LogP contribution in [-0.2, 0) is 4.79 Å². The zero-order chi connectivity index (χ0) is 15.3. The largest absolute Gasteiger partial charge is 0.496 e. The maximum absolute atomic E-state index is 13.9. The third-order valence-corrected chi connectivity index (χ3v) is 3.30. The van der Waals surface area contributed by atoms with Gasteiger partial charge in [-0.05, 0) is 32.4 Å². The second-order valence-corrected chi connectivity index (χ2v) is 5.22. The monoisotopic (exact) mass is 318 g/mol. The van der Waals surface area contributed by atoms with E-state index in [1.54, 1.807) is 26.0 Å². The quantitative estimate of drug-likeness (QED) is 0.847. The Morgan fingerprint density at radius 3 is 2.67 bits per heavy atom. The van der Waals surface area contributed by atoms with E-state index in [0.717, 1.165) is 6.42 Å². The molecule has 4 nitrogen and oxygen atoms in total. The third kappa shape index (κ3) is 4.86. The fraction of sp³-hybridized carbons (Fsp3) is 0.533. The molecular weight excluding hydrogens is 295 g/mol. The summed E-state index contributed by atoms with van der Waals surface area (Å²) >= 11 is 0. The summed E-state index contributed by atoms with van der Waals surface area (Å²) in [4.78, 5) is 12.2. The summed E-state index contributed by atoms with van der Waals surface area (Å²) in [5, 5.41) is 2.75. The smallest absolute Gasteiger partial charge is 0.240 e. The molecule has 21 heavy (non-hydrogen) atoms. The molecule has 0 saturated heterocycles. The van der Waals surface area contributed by atoms with Gasteiger partial charge in [-0.2, -0.15) is 0 Å². The lowest BCUT2D eigenvalue weighted by Crippen LogP contribution is -2.52. The van der Waals surface area contributed by atoms with Crippen molar-refractivity contribution < 1.29 is 13.9 Å². The van der Waals surface area contributed by atoms with E-state index in [1.807, 2.05) is 6.92 Å². The van der Waals surface area contributed by atoms with E-state index in [4.69, 9.17) is 10.5 Å². The first-order chi connectivity index (χ1) is 9.33. The van der Waals surface area contributed by atoms with Crippen molar-refractivity contribution in [2.45, 2.75) is 45.2 Å². The standard InChI is InChI=1S/C15H23FN2O2.ClH/c1-5-9-15(3,17)14(19)18-10(2)13-11(16)7-6-8-12(13)20-4;/h6-8,10H,5,9,17H2,1-4H3,(H,18,19);1H. The van der Waals surface area contributed by atoms with Crippen molar-refractivity contribution in [2.24, 2.45) is 5.73 Å². The van der Waals surface area contributed by atoms with Crippen LogP contribution in [0.4, 0.5) is 4.39 Å². The molecule has 1 amide bonds. The van der Waals surface area contributed by atoms with Gasteiger partial charge in [-0.25, -0.2) is 4.39 Å². The van der Waals surface area contributed by atoms with E-state index in [9.17, 15) is 9.18 Å². The first kappa shape index (κ1) is 19.7. The molecule has 2 atom stereocenters. The summed E-state index contributed by atoms with van der Waals surface area (Å²) in [5.74, 6) is -0.296. The van der Waals surface area contributed by atoms with Crippen LogP contribution in [0.25, 0.3) is 0 Å². The van der Waals surface area contributed by atoms with Gasteiger partial charge in [-0.3, -0.25) is 4.79 Å². The highest BCUT2D eigenvalue weighted by atomic mass is 35.5. The van der Waals surface area contributed by atoms with Gasteiger partial charge in [0.25, 0.3) is 0 Å². The lowest BCUT2D eigenvalue weighted by atomic mass is 9.95. The molecule has 0 heterocycles. The number of ether oxygens (including phenoxy) is 1. The topological polar surface area (TPSA) is 64.4 Å². The third-order valence-electron chi connectivity index (χ3n) is 3.30. The van der Waals surface area contributed by atoms with Crippen molar-refractivity contribution in [3.63, 3.8) is 0 Å². The van der Waals surface area contributed by atoms with Gasteiger partial charge in [-0.1, -0.05) is 19.4 Å². The molecule has 0 fully saturated rings. The molecule has 0 aliphatic carbocycles. The maximum atomic E-state index is 13.9. The Bertz CT molecular complexity index is 481. The second kappa shape index (κ2) is 8.20. The predicted octanol–water partition coefficient (Wildman–Crippen LogP) is 2.95. The average Bonchev–Trinajstić information content (AvgIpc) is 2.37. The lowest BCUT2D eigenvalue weighted by molar-refractivity contribution is -0.126. The highest BCUT2D eigenvalue weighted by Gasteiger charge is 2.29. The normalized spacial score (nSPS) is 14.6. The van der Waals surface area contributed by atoms with Crippen molar-refractivity contribution >= 4 is 18.3 Å². The molecule has 0 spiro atoms. The number of rotatable bonds is 6. The Kier molecular flexibility index (Phi) is 7.68. The van der Waals surface area contributed by atoms with Crippen molar-refractivity contribution in [3.8, 4) is 5.75 Å². The van der Waals surface area contributed by atoms with E-state index in [-0.39, 0.29) is 18.3 Å². The molecule has 3 N–H and O–H groups in total. The summed E-state index contributed by atoms with van der Waals surface area (Å²) < 4.78 is 19.1. The van der Waals surface area contributed by atoms with E-state index >= 15 is 0 Å². The number of nitrogens with one attached hydrogen (secondary N) is 1. The van der Waals surface area contributed by atoms with Crippen LogP contribution >= 0.6 is 12.4 Å². The Hall–Kier alpha value is -1.33. The Morgan fingerprint density at radius 2 is 2.14 bits per heavy atom. The number of hydrogen-bond donors (Lipinski definition) is 2. The molecule has 0 bridgehead atoms. The zero-order valence-corrected chi connectivity index (χ0v) is 13.7. The number of carbonyl (C=O) groups is 1.